The van der Waals surface area contributed by atoms with Crippen LogP contribution in [-0.4, -0.2) is 35.7 Å². The zero-order chi connectivity index (χ0) is 21.6. The lowest BCUT2D eigenvalue weighted by molar-refractivity contribution is -0.128. The van der Waals surface area contributed by atoms with Gasteiger partial charge < -0.3 is 20.0 Å². The van der Waals surface area contributed by atoms with Crippen molar-refractivity contribution in [3.63, 3.8) is 0 Å². The third-order valence-corrected chi connectivity index (χ3v) is 5.23. The minimum Gasteiger partial charge on any atom is -0.459 e. The van der Waals surface area contributed by atoms with Crippen molar-refractivity contribution < 1.29 is 18.8 Å². The van der Waals surface area contributed by atoms with Crippen molar-refractivity contribution in [2.24, 2.45) is 5.92 Å². The summed E-state index contributed by atoms with van der Waals surface area (Å²) in [6.07, 6.45) is 2.39. The Morgan fingerprint density at radius 2 is 1.74 bits per heavy atom. The van der Waals surface area contributed by atoms with Gasteiger partial charge in [0.25, 0.3) is 5.91 Å². The Morgan fingerprint density at radius 1 is 0.968 bits per heavy atom. The summed E-state index contributed by atoms with van der Waals surface area (Å²) in [5, 5.41) is 5.58. The number of anilines is 2. The van der Waals surface area contributed by atoms with Crippen LogP contribution in [0.15, 0.2) is 77.4 Å². The molecule has 0 spiro atoms. The molecule has 1 saturated heterocycles. The number of hydrogen-bond donors (Lipinski definition) is 2. The molecular weight excluding hydrogens is 394 g/mol. The van der Waals surface area contributed by atoms with Crippen molar-refractivity contribution in [3.05, 3.63) is 84.3 Å². The van der Waals surface area contributed by atoms with Gasteiger partial charge in [-0.2, -0.15) is 0 Å². The number of amides is 3. The number of benzene rings is 2. The van der Waals surface area contributed by atoms with Gasteiger partial charge >= 0.3 is 0 Å². The molecule has 2 aromatic carbocycles. The first-order valence-electron chi connectivity index (χ1n) is 10.2. The second kappa shape index (κ2) is 9.30. The number of nitrogens with one attached hydrogen (secondary N) is 2. The Kier molecular flexibility index (Phi) is 6.12. The van der Waals surface area contributed by atoms with Crippen LogP contribution >= 0.6 is 0 Å². The van der Waals surface area contributed by atoms with E-state index in [1.165, 1.54) is 6.26 Å². The lowest BCUT2D eigenvalue weighted by atomic mass is 10.1. The van der Waals surface area contributed by atoms with E-state index >= 15 is 0 Å². The summed E-state index contributed by atoms with van der Waals surface area (Å²) in [4.78, 5) is 38.9. The van der Waals surface area contributed by atoms with Crippen LogP contribution in [0, 0.1) is 5.92 Å². The van der Waals surface area contributed by atoms with Crippen LogP contribution in [0.2, 0.25) is 0 Å². The van der Waals surface area contributed by atoms with Gasteiger partial charge in [-0.15, -0.1) is 0 Å². The Hall–Kier alpha value is -3.87. The zero-order valence-electron chi connectivity index (χ0n) is 16.9. The number of nitrogens with zero attached hydrogens (tertiary/aromatic N) is 1. The summed E-state index contributed by atoms with van der Waals surface area (Å²) < 4.78 is 5.08. The molecule has 158 valence electrons. The summed E-state index contributed by atoms with van der Waals surface area (Å²) in [7, 11) is 0. The van der Waals surface area contributed by atoms with Gasteiger partial charge in [0.05, 0.1) is 12.2 Å². The highest BCUT2D eigenvalue weighted by Gasteiger charge is 2.34. The van der Waals surface area contributed by atoms with Crippen LogP contribution < -0.4 is 10.6 Å². The first kappa shape index (κ1) is 20.4. The molecule has 1 aromatic heterocycles. The second-order valence-corrected chi connectivity index (χ2v) is 7.48. The average Bonchev–Trinajstić information content (AvgIpc) is 3.43. The maximum absolute atomic E-state index is 12.7. The number of carbonyl (C=O) groups excluding carboxylic acids is 3. The number of rotatable bonds is 7. The topological polar surface area (TPSA) is 91.7 Å². The third kappa shape index (κ3) is 5.19. The maximum atomic E-state index is 12.7. The summed E-state index contributed by atoms with van der Waals surface area (Å²) in [5.74, 6) is -0.774. The Morgan fingerprint density at radius 3 is 2.48 bits per heavy atom. The molecule has 31 heavy (non-hydrogen) atoms. The first-order valence-corrected chi connectivity index (χ1v) is 10.2. The minimum absolute atomic E-state index is 0.00413. The van der Waals surface area contributed by atoms with Crippen LogP contribution in [0.5, 0.6) is 0 Å². The predicted molar refractivity (Wildman–Crippen MR) is 117 cm³/mol. The molecule has 7 heteroatoms. The normalized spacial score (nSPS) is 15.7. The van der Waals surface area contributed by atoms with E-state index in [1.807, 2.05) is 30.3 Å². The molecule has 2 heterocycles. The molecule has 1 fully saturated rings. The molecule has 0 bridgehead atoms. The summed E-state index contributed by atoms with van der Waals surface area (Å²) in [6, 6.07) is 20.0. The molecule has 1 atom stereocenters. The van der Waals surface area contributed by atoms with Crippen molar-refractivity contribution in [1.29, 1.82) is 0 Å². The van der Waals surface area contributed by atoms with E-state index in [4.69, 9.17) is 4.42 Å². The molecule has 1 unspecified atom stereocenters. The van der Waals surface area contributed by atoms with E-state index in [0.29, 0.717) is 24.5 Å². The van der Waals surface area contributed by atoms with Crippen molar-refractivity contribution in [2.45, 2.75) is 12.8 Å². The molecule has 1 aliphatic heterocycles. The molecule has 1 aliphatic rings. The van der Waals surface area contributed by atoms with Crippen molar-refractivity contribution in [2.75, 3.05) is 23.7 Å². The average molecular weight is 417 g/mol. The molecule has 2 N–H and O–H groups in total. The number of carbonyl (C=O) groups is 3. The molecule has 3 aromatic rings. The standard InChI is InChI=1S/C24H23N3O4/c28-22-14-18(16-27(22)12-11-17-6-2-1-3-7-17)23(29)25-19-8-4-9-20(15-19)26-24(30)21-10-5-13-31-21/h1-10,13,15,18H,11-12,14,16H2,(H,25,29)(H,26,30). The van der Waals surface area contributed by atoms with E-state index in [-0.39, 0.29) is 29.9 Å². The summed E-state index contributed by atoms with van der Waals surface area (Å²) >= 11 is 0. The molecule has 3 amide bonds. The van der Waals surface area contributed by atoms with E-state index in [2.05, 4.69) is 10.6 Å². The smallest absolute Gasteiger partial charge is 0.291 e. The van der Waals surface area contributed by atoms with E-state index in [0.717, 1.165) is 12.0 Å². The Bertz CT molecular complexity index is 1060. The van der Waals surface area contributed by atoms with Crippen molar-refractivity contribution in [1.82, 2.24) is 4.90 Å². The van der Waals surface area contributed by atoms with Gasteiger partial charge in [0.1, 0.15) is 0 Å². The molecular formula is C24H23N3O4. The fourth-order valence-corrected chi connectivity index (χ4v) is 3.59. The molecule has 4 rings (SSSR count). The van der Waals surface area contributed by atoms with Crippen molar-refractivity contribution >= 4 is 29.1 Å². The highest BCUT2D eigenvalue weighted by molar-refractivity contribution is 6.03. The van der Waals surface area contributed by atoms with E-state index < -0.39 is 5.92 Å². The minimum atomic E-state index is -0.398. The molecule has 0 aliphatic carbocycles. The largest absolute Gasteiger partial charge is 0.459 e. The quantitative estimate of drug-likeness (QED) is 0.615. The van der Waals surface area contributed by atoms with Gasteiger partial charge in [-0.25, -0.2) is 0 Å². The lowest BCUT2D eigenvalue weighted by Gasteiger charge is -2.16. The predicted octanol–water partition coefficient (Wildman–Crippen LogP) is 3.56. The Labute approximate surface area is 180 Å². The number of hydrogen-bond acceptors (Lipinski definition) is 4. The van der Waals surface area contributed by atoms with Gasteiger partial charge in [0.2, 0.25) is 11.8 Å². The maximum Gasteiger partial charge on any atom is 0.291 e. The van der Waals surface area contributed by atoms with Crippen LogP contribution in [0.3, 0.4) is 0 Å². The second-order valence-electron chi connectivity index (χ2n) is 7.48. The van der Waals surface area contributed by atoms with Gasteiger partial charge in [0, 0.05) is 30.9 Å². The number of furan rings is 1. The number of likely N-dealkylation sites (tertiary alicyclic amines) is 1. The van der Waals surface area contributed by atoms with Crippen molar-refractivity contribution in [3.8, 4) is 0 Å². The Balaban J connectivity index is 1.32. The highest BCUT2D eigenvalue weighted by Crippen LogP contribution is 2.22. The monoisotopic (exact) mass is 417 g/mol. The fourth-order valence-electron chi connectivity index (χ4n) is 3.59. The molecule has 0 saturated carbocycles. The van der Waals surface area contributed by atoms with Gasteiger partial charge in [-0.3, -0.25) is 14.4 Å². The third-order valence-electron chi connectivity index (χ3n) is 5.23. The van der Waals surface area contributed by atoms with Crippen LogP contribution in [0.25, 0.3) is 0 Å². The molecule has 0 radical (unpaired) electrons. The van der Waals surface area contributed by atoms with E-state index in [9.17, 15) is 14.4 Å². The van der Waals surface area contributed by atoms with E-state index in [1.54, 1.807) is 41.3 Å². The zero-order valence-corrected chi connectivity index (χ0v) is 16.9. The fraction of sp³-hybridized carbons (Fsp3) is 0.208. The molecule has 7 nitrogen and oxygen atoms in total. The van der Waals surface area contributed by atoms with Gasteiger partial charge in [0.15, 0.2) is 5.76 Å². The summed E-state index contributed by atoms with van der Waals surface area (Å²) in [6.45, 7) is 1.01. The summed E-state index contributed by atoms with van der Waals surface area (Å²) in [5.41, 5.74) is 2.25. The van der Waals surface area contributed by atoms with Crippen LogP contribution in [-0.2, 0) is 16.0 Å². The van der Waals surface area contributed by atoms with Gasteiger partial charge in [-0.1, -0.05) is 36.4 Å². The lowest BCUT2D eigenvalue weighted by Crippen LogP contribution is -2.30. The van der Waals surface area contributed by atoms with Gasteiger partial charge in [-0.05, 0) is 42.3 Å². The van der Waals surface area contributed by atoms with Crippen LogP contribution in [0.4, 0.5) is 11.4 Å². The SMILES string of the molecule is O=C(Nc1cccc(NC(=O)C2CC(=O)N(CCc3ccccc3)C2)c1)c1ccco1. The van der Waals surface area contributed by atoms with Crippen LogP contribution in [0.1, 0.15) is 22.5 Å². The highest BCUT2D eigenvalue weighted by atomic mass is 16.3. The first-order chi connectivity index (χ1) is 15.1.